The van der Waals surface area contributed by atoms with Crippen molar-refractivity contribution in [1.29, 1.82) is 0 Å². The number of nitrogens with one attached hydrogen (secondary N) is 1. The predicted octanol–water partition coefficient (Wildman–Crippen LogP) is 3.72. The van der Waals surface area contributed by atoms with Gasteiger partial charge in [-0.15, -0.1) is 11.3 Å². The molecule has 0 saturated carbocycles. The summed E-state index contributed by atoms with van der Waals surface area (Å²) in [7, 11) is 1.32. The minimum atomic E-state index is -0.904. The van der Waals surface area contributed by atoms with Crippen LogP contribution in [0.25, 0.3) is 0 Å². The summed E-state index contributed by atoms with van der Waals surface area (Å²) in [5.41, 5.74) is -0.00811. The van der Waals surface area contributed by atoms with E-state index in [1.165, 1.54) is 12.0 Å². The highest BCUT2D eigenvalue weighted by molar-refractivity contribution is 7.09. The zero-order valence-electron chi connectivity index (χ0n) is 20.1. The van der Waals surface area contributed by atoms with E-state index in [4.69, 9.17) is 4.74 Å². The van der Waals surface area contributed by atoms with E-state index in [0.717, 1.165) is 11.3 Å². The Hall–Kier alpha value is -3.20. The van der Waals surface area contributed by atoms with Gasteiger partial charge in [0.05, 0.1) is 12.7 Å². The number of hydrogen-bond donors (Lipinski definition) is 1. The number of methoxy groups -OCH3 is 1. The van der Waals surface area contributed by atoms with Crippen LogP contribution >= 0.6 is 11.3 Å². The van der Waals surface area contributed by atoms with E-state index < -0.39 is 11.5 Å². The smallest absolute Gasteiger partial charge is 0.337 e. The number of esters is 1. The number of carbonyl (C=O) groups is 4. The normalized spacial score (nSPS) is 20.7. The van der Waals surface area contributed by atoms with Crippen molar-refractivity contribution in [1.82, 2.24) is 15.1 Å². The fourth-order valence-corrected chi connectivity index (χ4v) is 5.89. The van der Waals surface area contributed by atoms with Crippen LogP contribution in [0, 0.1) is 5.92 Å². The Morgan fingerprint density at radius 3 is 2.40 bits per heavy atom. The van der Waals surface area contributed by atoms with E-state index in [9.17, 15) is 19.2 Å². The average molecular weight is 498 g/mol. The van der Waals surface area contributed by atoms with Crippen molar-refractivity contribution in [3.8, 4) is 0 Å². The van der Waals surface area contributed by atoms with Crippen molar-refractivity contribution in [3.05, 3.63) is 57.8 Å². The first-order chi connectivity index (χ1) is 16.9. The first-order valence-electron chi connectivity index (χ1n) is 12.0. The van der Waals surface area contributed by atoms with Gasteiger partial charge in [-0.2, -0.15) is 0 Å². The lowest BCUT2D eigenvalue weighted by Gasteiger charge is -2.41. The molecule has 1 atom stereocenters. The predicted molar refractivity (Wildman–Crippen MR) is 132 cm³/mol. The SMILES string of the molecule is CCCC1(C2CCN(C(=O)c3ccc(C(=O)OC)cc3)CC2)NC(=O)N(CCc2cccs2)C1=O. The molecule has 3 heterocycles. The fourth-order valence-electron chi connectivity index (χ4n) is 5.19. The fraction of sp³-hybridized carbons (Fsp3) is 0.462. The van der Waals surface area contributed by atoms with Gasteiger partial charge in [0.2, 0.25) is 0 Å². The molecule has 2 aliphatic rings. The lowest BCUT2D eigenvalue weighted by molar-refractivity contribution is -0.134. The van der Waals surface area contributed by atoms with Gasteiger partial charge in [0, 0.05) is 30.1 Å². The van der Waals surface area contributed by atoms with Crippen LogP contribution in [0.1, 0.15) is 58.2 Å². The molecule has 9 heteroatoms. The Bertz CT molecular complexity index is 1080. The number of thiophene rings is 1. The Labute approximate surface area is 209 Å². The Balaban J connectivity index is 1.41. The number of urea groups is 1. The van der Waals surface area contributed by atoms with Gasteiger partial charge in [-0.05, 0) is 67.3 Å². The highest BCUT2D eigenvalue weighted by atomic mass is 32.1. The van der Waals surface area contributed by atoms with Crippen LogP contribution in [0.2, 0.25) is 0 Å². The van der Waals surface area contributed by atoms with Gasteiger partial charge in [0.1, 0.15) is 5.54 Å². The van der Waals surface area contributed by atoms with Crippen LogP contribution in [0.15, 0.2) is 41.8 Å². The number of carbonyl (C=O) groups excluding carboxylic acids is 4. The van der Waals surface area contributed by atoms with Crippen LogP contribution in [-0.2, 0) is 16.0 Å². The number of imide groups is 1. The molecular weight excluding hydrogens is 466 g/mol. The average Bonchev–Trinajstić information content (AvgIpc) is 3.49. The molecule has 1 unspecified atom stereocenters. The summed E-state index contributed by atoms with van der Waals surface area (Å²) < 4.78 is 4.71. The van der Waals surface area contributed by atoms with E-state index in [0.29, 0.717) is 56.4 Å². The molecule has 2 aromatic rings. The number of amides is 4. The first-order valence-corrected chi connectivity index (χ1v) is 12.9. The van der Waals surface area contributed by atoms with Crippen molar-refractivity contribution in [2.24, 2.45) is 5.92 Å². The number of nitrogens with zero attached hydrogens (tertiary/aromatic N) is 2. The van der Waals surface area contributed by atoms with Crippen molar-refractivity contribution in [3.63, 3.8) is 0 Å². The molecule has 2 fully saturated rings. The van der Waals surface area contributed by atoms with Gasteiger partial charge in [-0.3, -0.25) is 14.5 Å². The summed E-state index contributed by atoms with van der Waals surface area (Å²) in [6.45, 7) is 3.40. The van der Waals surface area contributed by atoms with E-state index >= 15 is 0 Å². The number of likely N-dealkylation sites (tertiary alicyclic amines) is 1. The summed E-state index contributed by atoms with van der Waals surface area (Å²) >= 11 is 1.62. The molecule has 1 aromatic heterocycles. The molecule has 35 heavy (non-hydrogen) atoms. The molecule has 0 radical (unpaired) electrons. The summed E-state index contributed by atoms with van der Waals surface area (Å²) in [5, 5.41) is 5.05. The highest BCUT2D eigenvalue weighted by Gasteiger charge is 2.55. The zero-order chi connectivity index (χ0) is 25.0. The molecule has 2 aliphatic heterocycles. The minimum absolute atomic E-state index is 0.0311. The van der Waals surface area contributed by atoms with E-state index in [1.54, 1.807) is 40.5 Å². The molecule has 2 saturated heterocycles. The molecule has 1 N–H and O–H groups in total. The number of rotatable bonds is 8. The monoisotopic (exact) mass is 497 g/mol. The van der Waals surface area contributed by atoms with E-state index in [2.05, 4.69) is 5.32 Å². The maximum Gasteiger partial charge on any atom is 0.337 e. The second kappa shape index (κ2) is 10.6. The second-order valence-electron chi connectivity index (χ2n) is 9.07. The molecule has 4 rings (SSSR count). The first kappa shape index (κ1) is 24.9. The van der Waals surface area contributed by atoms with Gasteiger partial charge in [0.15, 0.2) is 0 Å². The molecule has 0 aliphatic carbocycles. The maximum absolute atomic E-state index is 13.6. The topological polar surface area (TPSA) is 96.0 Å². The Morgan fingerprint density at radius 2 is 1.80 bits per heavy atom. The molecule has 4 amide bonds. The standard InChI is InChI=1S/C26H31N3O5S/c1-3-13-26(24(32)29(25(33)27-26)16-12-21-5-4-17-35-21)20-10-14-28(15-11-20)22(30)18-6-8-19(9-7-18)23(31)34-2/h4-9,17,20H,3,10-16H2,1-2H3,(H,27,33). The molecule has 1 aromatic carbocycles. The number of ether oxygens (including phenoxy) is 1. The van der Waals surface area contributed by atoms with Crippen molar-refractivity contribution in [2.75, 3.05) is 26.7 Å². The molecule has 186 valence electrons. The lowest BCUT2D eigenvalue weighted by atomic mass is 9.74. The third-order valence-electron chi connectivity index (χ3n) is 7.04. The lowest BCUT2D eigenvalue weighted by Crippen LogP contribution is -2.56. The van der Waals surface area contributed by atoms with Crippen molar-refractivity contribution in [2.45, 2.75) is 44.6 Å². The third-order valence-corrected chi connectivity index (χ3v) is 7.98. The van der Waals surface area contributed by atoms with Crippen LogP contribution in [0.4, 0.5) is 4.79 Å². The van der Waals surface area contributed by atoms with Gasteiger partial charge < -0.3 is 15.0 Å². The third kappa shape index (κ3) is 4.96. The van der Waals surface area contributed by atoms with E-state index in [1.807, 2.05) is 24.4 Å². The van der Waals surface area contributed by atoms with Gasteiger partial charge >= 0.3 is 12.0 Å². The van der Waals surface area contributed by atoms with Crippen molar-refractivity contribution < 1.29 is 23.9 Å². The largest absolute Gasteiger partial charge is 0.465 e. The van der Waals surface area contributed by atoms with Crippen LogP contribution in [0.5, 0.6) is 0 Å². The molecular formula is C26H31N3O5S. The number of benzene rings is 1. The van der Waals surface area contributed by atoms with Gasteiger partial charge in [-0.25, -0.2) is 9.59 Å². The van der Waals surface area contributed by atoms with E-state index in [-0.39, 0.29) is 23.8 Å². The second-order valence-corrected chi connectivity index (χ2v) is 10.1. The number of piperidine rings is 1. The quantitative estimate of drug-likeness (QED) is 0.443. The van der Waals surface area contributed by atoms with Crippen LogP contribution in [0.3, 0.4) is 0 Å². The molecule has 0 spiro atoms. The maximum atomic E-state index is 13.6. The Morgan fingerprint density at radius 1 is 1.11 bits per heavy atom. The van der Waals surface area contributed by atoms with Crippen LogP contribution in [-0.4, -0.2) is 65.9 Å². The Kier molecular flexibility index (Phi) is 7.54. The highest BCUT2D eigenvalue weighted by Crippen LogP contribution is 2.37. The zero-order valence-corrected chi connectivity index (χ0v) is 20.9. The van der Waals surface area contributed by atoms with Crippen LogP contribution < -0.4 is 5.32 Å². The van der Waals surface area contributed by atoms with Gasteiger partial charge in [0.25, 0.3) is 11.8 Å². The summed E-state index contributed by atoms with van der Waals surface area (Å²) in [5.74, 6) is -0.719. The summed E-state index contributed by atoms with van der Waals surface area (Å²) in [6, 6.07) is 10.1. The minimum Gasteiger partial charge on any atom is -0.465 e. The number of hydrogen-bond acceptors (Lipinski definition) is 6. The van der Waals surface area contributed by atoms with Gasteiger partial charge in [-0.1, -0.05) is 19.4 Å². The van der Waals surface area contributed by atoms with Crippen molar-refractivity contribution >= 4 is 35.2 Å². The summed E-state index contributed by atoms with van der Waals surface area (Å²) in [6.07, 6.45) is 3.28. The molecule has 0 bridgehead atoms. The summed E-state index contributed by atoms with van der Waals surface area (Å²) in [4.78, 5) is 55.3. The molecule has 8 nitrogen and oxygen atoms in total.